The highest BCUT2D eigenvalue weighted by atomic mass is 35.5. The van der Waals surface area contributed by atoms with Crippen molar-refractivity contribution in [1.82, 2.24) is 4.98 Å². The van der Waals surface area contributed by atoms with Gasteiger partial charge in [0.2, 0.25) is 0 Å². The van der Waals surface area contributed by atoms with E-state index in [1.807, 2.05) is 6.92 Å². The predicted molar refractivity (Wildman–Crippen MR) is 83.1 cm³/mol. The van der Waals surface area contributed by atoms with Crippen LogP contribution in [0.4, 0.5) is 5.69 Å². The summed E-state index contributed by atoms with van der Waals surface area (Å²) in [5, 5.41) is 3.95. The molecule has 3 nitrogen and oxygen atoms in total. The maximum absolute atomic E-state index is 12.2. The van der Waals surface area contributed by atoms with Gasteiger partial charge in [-0.1, -0.05) is 34.8 Å². The van der Waals surface area contributed by atoms with E-state index in [-0.39, 0.29) is 11.5 Å². The summed E-state index contributed by atoms with van der Waals surface area (Å²) in [7, 11) is 0. The van der Waals surface area contributed by atoms with Crippen LogP contribution in [0.1, 0.15) is 21.6 Å². The van der Waals surface area contributed by atoms with E-state index >= 15 is 0 Å². The van der Waals surface area contributed by atoms with Crippen molar-refractivity contribution in [2.45, 2.75) is 13.8 Å². The molecule has 0 saturated carbocycles. The van der Waals surface area contributed by atoms with Gasteiger partial charge in [0.15, 0.2) is 0 Å². The molecule has 0 radical (unpaired) electrons. The number of aromatic nitrogens is 1. The van der Waals surface area contributed by atoms with Gasteiger partial charge < -0.3 is 5.32 Å². The second-order valence-electron chi connectivity index (χ2n) is 4.34. The molecule has 0 atom stereocenters. The van der Waals surface area contributed by atoms with Crippen LogP contribution in [0.25, 0.3) is 0 Å². The topological polar surface area (TPSA) is 42.0 Å². The fraction of sp³-hybridized carbons (Fsp3) is 0.143. The molecule has 1 aromatic heterocycles. The lowest BCUT2D eigenvalue weighted by molar-refractivity contribution is 0.102. The van der Waals surface area contributed by atoms with Gasteiger partial charge in [-0.05, 0) is 37.6 Å². The number of halogens is 3. The minimum Gasteiger partial charge on any atom is -0.320 e. The number of carbonyl (C=O) groups is 1. The molecule has 0 unspecified atom stereocenters. The van der Waals surface area contributed by atoms with Crippen LogP contribution in [0.5, 0.6) is 0 Å². The minimum atomic E-state index is -0.385. The van der Waals surface area contributed by atoms with Crippen LogP contribution in [0, 0.1) is 13.8 Å². The molecule has 0 aliphatic rings. The normalized spacial score (nSPS) is 10.4. The summed E-state index contributed by atoms with van der Waals surface area (Å²) in [6.07, 6.45) is 1.43. The Labute approximate surface area is 131 Å². The lowest BCUT2D eigenvalue weighted by Gasteiger charge is -2.10. The Morgan fingerprint density at radius 3 is 2.40 bits per heavy atom. The van der Waals surface area contributed by atoms with Crippen molar-refractivity contribution in [3.63, 3.8) is 0 Å². The lowest BCUT2D eigenvalue weighted by Crippen LogP contribution is -2.13. The number of pyridine rings is 1. The number of carbonyl (C=O) groups excluding carboxylic acids is 1. The number of benzene rings is 1. The standard InChI is InChI=1S/C14H11Cl3N2O/c1-7-3-12(17)13(5-10(7)15)19-14(20)9-6-18-8(2)4-11(9)16/h3-6H,1-2H3,(H,19,20). The van der Waals surface area contributed by atoms with Gasteiger partial charge in [0.05, 0.1) is 21.3 Å². The SMILES string of the molecule is Cc1cc(Cl)c(C(=O)Nc2cc(Cl)c(C)cc2Cl)cn1. The van der Waals surface area contributed by atoms with Gasteiger partial charge in [-0.2, -0.15) is 0 Å². The summed E-state index contributed by atoms with van der Waals surface area (Å²) in [6, 6.07) is 4.92. The first-order valence-electron chi connectivity index (χ1n) is 5.77. The maximum atomic E-state index is 12.2. The number of nitrogens with one attached hydrogen (secondary N) is 1. The first-order chi connectivity index (χ1) is 9.38. The van der Waals surface area contributed by atoms with Crippen LogP contribution in [0.15, 0.2) is 24.4 Å². The molecule has 2 rings (SSSR count). The highest BCUT2D eigenvalue weighted by Gasteiger charge is 2.14. The largest absolute Gasteiger partial charge is 0.320 e. The van der Waals surface area contributed by atoms with Crippen LogP contribution in [-0.2, 0) is 0 Å². The third kappa shape index (κ3) is 3.23. The molecule has 20 heavy (non-hydrogen) atoms. The Bertz CT molecular complexity index is 686. The van der Waals surface area contributed by atoms with E-state index in [1.165, 1.54) is 6.20 Å². The Kier molecular flexibility index (Phi) is 4.53. The summed E-state index contributed by atoms with van der Waals surface area (Å²) < 4.78 is 0. The highest BCUT2D eigenvalue weighted by molar-refractivity contribution is 6.37. The van der Waals surface area contributed by atoms with Crippen molar-refractivity contribution in [3.05, 3.63) is 56.3 Å². The Morgan fingerprint density at radius 2 is 1.75 bits per heavy atom. The van der Waals surface area contributed by atoms with Crippen molar-refractivity contribution in [2.24, 2.45) is 0 Å². The van der Waals surface area contributed by atoms with Crippen LogP contribution >= 0.6 is 34.8 Å². The van der Waals surface area contributed by atoms with E-state index in [9.17, 15) is 4.79 Å². The smallest absolute Gasteiger partial charge is 0.258 e. The number of amides is 1. The molecule has 0 fully saturated rings. The van der Waals surface area contributed by atoms with Gasteiger partial charge >= 0.3 is 0 Å². The van der Waals surface area contributed by atoms with Gasteiger partial charge in [0.25, 0.3) is 5.91 Å². The average molecular weight is 330 g/mol. The second kappa shape index (κ2) is 6.00. The van der Waals surface area contributed by atoms with Crippen LogP contribution < -0.4 is 5.32 Å². The van der Waals surface area contributed by atoms with E-state index in [4.69, 9.17) is 34.8 Å². The molecule has 104 valence electrons. The molecule has 2 aromatic rings. The molecule has 0 bridgehead atoms. The Balaban J connectivity index is 2.30. The molecule has 1 aromatic carbocycles. The van der Waals surface area contributed by atoms with Gasteiger partial charge in [-0.3, -0.25) is 9.78 Å². The zero-order chi connectivity index (χ0) is 14.9. The third-order valence-corrected chi connectivity index (χ3v) is 3.76. The molecule has 1 heterocycles. The molecule has 6 heteroatoms. The first kappa shape index (κ1) is 15.1. The number of nitrogens with zero attached hydrogens (tertiary/aromatic N) is 1. The van der Waals surface area contributed by atoms with Gasteiger partial charge in [0, 0.05) is 16.9 Å². The van der Waals surface area contributed by atoms with Crippen LogP contribution in [-0.4, -0.2) is 10.9 Å². The number of anilines is 1. The third-order valence-electron chi connectivity index (χ3n) is 2.73. The zero-order valence-corrected chi connectivity index (χ0v) is 13.1. The van der Waals surface area contributed by atoms with E-state index < -0.39 is 0 Å². The molecule has 0 aliphatic heterocycles. The summed E-state index contributed by atoms with van der Waals surface area (Å²) in [5.74, 6) is -0.385. The molecular formula is C14H11Cl3N2O. The quantitative estimate of drug-likeness (QED) is 0.850. The van der Waals surface area contributed by atoms with E-state index in [0.717, 1.165) is 11.3 Å². The van der Waals surface area contributed by atoms with E-state index in [1.54, 1.807) is 25.1 Å². The zero-order valence-electron chi connectivity index (χ0n) is 10.8. The monoisotopic (exact) mass is 328 g/mol. The maximum Gasteiger partial charge on any atom is 0.258 e. The van der Waals surface area contributed by atoms with Crippen molar-refractivity contribution in [1.29, 1.82) is 0 Å². The summed E-state index contributed by atoms with van der Waals surface area (Å²) in [5.41, 5.74) is 2.29. The van der Waals surface area contributed by atoms with Crippen molar-refractivity contribution in [2.75, 3.05) is 5.32 Å². The van der Waals surface area contributed by atoms with Crippen molar-refractivity contribution < 1.29 is 4.79 Å². The van der Waals surface area contributed by atoms with Crippen molar-refractivity contribution >= 4 is 46.4 Å². The molecule has 0 aliphatic carbocycles. The number of aryl methyl sites for hydroxylation is 2. The van der Waals surface area contributed by atoms with Crippen LogP contribution in [0.2, 0.25) is 15.1 Å². The summed E-state index contributed by atoms with van der Waals surface area (Å²) in [4.78, 5) is 16.2. The van der Waals surface area contributed by atoms with Crippen molar-refractivity contribution in [3.8, 4) is 0 Å². The second-order valence-corrected chi connectivity index (χ2v) is 5.56. The molecule has 1 amide bonds. The molecule has 0 saturated heterocycles. The minimum absolute atomic E-state index is 0.282. The van der Waals surface area contributed by atoms with E-state index in [0.29, 0.717) is 20.8 Å². The number of hydrogen-bond donors (Lipinski definition) is 1. The number of rotatable bonds is 2. The summed E-state index contributed by atoms with van der Waals surface area (Å²) >= 11 is 18.1. The van der Waals surface area contributed by atoms with Gasteiger partial charge in [0.1, 0.15) is 0 Å². The summed E-state index contributed by atoms with van der Waals surface area (Å²) in [6.45, 7) is 3.63. The molecular weight excluding hydrogens is 319 g/mol. The lowest BCUT2D eigenvalue weighted by atomic mass is 10.2. The van der Waals surface area contributed by atoms with Gasteiger partial charge in [-0.25, -0.2) is 0 Å². The van der Waals surface area contributed by atoms with E-state index in [2.05, 4.69) is 10.3 Å². The fourth-order valence-corrected chi connectivity index (χ4v) is 2.35. The Hall–Kier alpha value is -1.29. The number of hydrogen-bond acceptors (Lipinski definition) is 2. The first-order valence-corrected chi connectivity index (χ1v) is 6.91. The average Bonchev–Trinajstić information content (AvgIpc) is 2.35. The van der Waals surface area contributed by atoms with Crippen LogP contribution in [0.3, 0.4) is 0 Å². The molecule has 0 spiro atoms. The Morgan fingerprint density at radius 1 is 1.05 bits per heavy atom. The van der Waals surface area contributed by atoms with Gasteiger partial charge in [-0.15, -0.1) is 0 Å². The fourth-order valence-electron chi connectivity index (χ4n) is 1.63. The highest BCUT2D eigenvalue weighted by Crippen LogP contribution is 2.29. The molecule has 1 N–H and O–H groups in total. The predicted octanol–water partition coefficient (Wildman–Crippen LogP) is 4.91.